The van der Waals surface area contributed by atoms with Crippen LogP contribution in [-0.2, 0) is 0 Å². The zero-order valence-electron chi connectivity index (χ0n) is 13.2. The summed E-state index contributed by atoms with van der Waals surface area (Å²) in [5.74, 6) is 0.770. The Morgan fingerprint density at radius 3 is 2.57 bits per heavy atom. The summed E-state index contributed by atoms with van der Waals surface area (Å²) in [6.07, 6.45) is 1.67. The van der Waals surface area contributed by atoms with Gasteiger partial charge in [0.1, 0.15) is 17.2 Å². The van der Waals surface area contributed by atoms with Gasteiger partial charge in [0.2, 0.25) is 0 Å². The lowest BCUT2D eigenvalue weighted by molar-refractivity contribution is 0.360. The number of benzene rings is 2. The number of para-hydroxylation sites is 2. The molecule has 0 aromatic heterocycles. The van der Waals surface area contributed by atoms with E-state index in [0.29, 0.717) is 22.7 Å². The molecule has 0 spiro atoms. The maximum Gasteiger partial charge on any atom is 0.830 e. The largest absolute Gasteiger partial charge is 0.830 e. The number of hydrogen-bond donors (Lipinski definition) is 0. The van der Waals surface area contributed by atoms with Crippen LogP contribution >= 0.6 is 0 Å². The summed E-state index contributed by atoms with van der Waals surface area (Å²) in [5.41, 5.74) is 2.26. The third-order valence-corrected chi connectivity index (χ3v) is 3.77. The van der Waals surface area contributed by atoms with E-state index in [1.54, 1.807) is 24.4 Å². The summed E-state index contributed by atoms with van der Waals surface area (Å²) in [4.78, 5) is 6.55. The molecule has 0 radical (unpaired) electrons. The lowest BCUT2D eigenvalue weighted by Gasteiger charge is -2.22. The van der Waals surface area contributed by atoms with Gasteiger partial charge in [-0.25, -0.2) is 4.32 Å². The molecule has 0 N–H and O–H groups in total. The van der Waals surface area contributed by atoms with Crippen molar-refractivity contribution in [3.8, 4) is 11.5 Å². The molecule has 0 fully saturated rings. The van der Waals surface area contributed by atoms with E-state index in [2.05, 4.69) is 23.7 Å². The van der Waals surface area contributed by atoms with E-state index >= 15 is 0 Å². The summed E-state index contributed by atoms with van der Waals surface area (Å²) < 4.78 is 24.7. The molecule has 2 aromatic rings. The van der Waals surface area contributed by atoms with E-state index in [1.807, 2.05) is 24.3 Å². The molecule has 3 rings (SSSR count). The monoisotopic (exact) mass is 312 g/mol. The number of rotatable bonds is 3. The zero-order valence-corrected chi connectivity index (χ0v) is 13.2. The fourth-order valence-corrected chi connectivity index (χ4v) is 2.54. The molecule has 1 aliphatic heterocycles. The van der Waals surface area contributed by atoms with Crippen molar-refractivity contribution in [2.24, 2.45) is 4.99 Å². The van der Waals surface area contributed by atoms with Gasteiger partial charge < -0.3 is 14.2 Å². The van der Waals surface area contributed by atoms with Crippen LogP contribution in [0.4, 0.5) is 15.7 Å². The second-order valence-corrected chi connectivity index (χ2v) is 5.13. The fourth-order valence-electron chi connectivity index (χ4n) is 2.54. The Balaban J connectivity index is 2.01. The maximum absolute atomic E-state index is 14.1. The van der Waals surface area contributed by atoms with Gasteiger partial charge in [-0.3, -0.25) is 4.99 Å². The average molecular weight is 312 g/mol. The second kappa shape index (κ2) is 6.73. The van der Waals surface area contributed by atoms with Crippen LogP contribution in [0, 0.1) is 0 Å². The highest BCUT2D eigenvalue weighted by molar-refractivity contribution is 6.38. The minimum absolute atomic E-state index is 0.355. The van der Waals surface area contributed by atoms with Crippen LogP contribution in [0.2, 0.25) is 0 Å². The Hall–Kier alpha value is -2.50. The van der Waals surface area contributed by atoms with Gasteiger partial charge in [0.05, 0.1) is 0 Å². The Kier molecular flexibility index (Phi) is 4.51. The van der Waals surface area contributed by atoms with Crippen LogP contribution in [0.25, 0.3) is 0 Å². The highest BCUT2D eigenvalue weighted by atomic mass is 19.1. The summed E-state index contributed by atoms with van der Waals surface area (Å²) in [7, 11) is -1.89. The van der Waals surface area contributed by atoms with Gasteiger partial charge in [0.25, 0.3) is 0 Å². The highest BCUT2D eigenvalue weighted by Crippen LogP contribution is 2.32. The van der Waals surface area contributed by atoms with Crippen molar-refractivity contribution in [1.29, 1.82) is 0 Å². The van der Waals surface area contributed by atoms with Gasteiger partial charge in [0, 0.05) is 36.6 Å². The van der Waals surface area contributed by atoms with Gasteiger partial charge in [-0.15, -0.1) is 0 Å². The zero-order chi connectivity index (χ0) is 16.2. The number of nitrogens with zero attached hydrogens (tertiary/aromatic N) is 2. The molecule has 1 heterocycles. The van der Waals surface area contributed by atoms with Crippen molar-refractivity contribution in [1.82, 2.24) is 0 Å². The summed E-state index contributed by atoms with van der Waals surface area (Å²) in [6, 6.07) is 12.7. The predicted molar refractivity (Wildman–Crippen MR) is 91.8 cm³/mol. The van der Waals surface area contributed by atoms with E-state index in [1.165, 1.54) is 0 Å². The number of hydrogen-bond acceptors (Lipinski definition) is 4. The third-order valence-electron chi connectivity index (χ3n) is 3.77. The molecule has 0 amide bonds. The minimum Gasteiger partial charge on any atom is -0.497 e. The van der Waals surface area contributed by atoms with E-state index < -0.39 is 7.40 Å². The van der Waals surface area contributed by atoms with E-state index in [4.69, 9.17) is 9.31 Å². The van der Waals surface area contributed by atoms with Gasteiger partial charge in [0.15, 0.2) is 0 Å². The van der Waals surface area contributed by atoms with Gasteiger partial charge in [-0.1, -0.05) is 12.1 Å². The SMILES string of the molecule is CCN(CC)c1ccc2c(c1)OB(F)Oc1ccccc1N=C2. The molecular weight excluding hydrogens is 294 g/mol. The van der Waals surface area contributed by atoms with Crippen molar-refractivity contribution < 1.29 is 13.6 Å². The molecule has 6 heteroatoms. The lowest BCUT2D eigenvalue weighted by atomic mass is 10.1. The Labute approximate surface area is 135 Å². The van der Waals surface area contributed by atoms with Crippen molar-refractivity contribution >= 4 is 25.0 Å². The van der Waals surface area contributed by atoms with Crippen LogP contribution in [0.15, 0.2) is 47.5 Å². The van der Waals surface area contributed by atoms with Crippen LogP contribution < -0.4 is 14.2 Å². The van der Waals surface area contributed by atoms with E-state index in [9.17, 15) is 4.32 Å². The van der Waals surface area contributed by atoms with Gasteiger partial charge in [-0.05, 0) is 38.1 Å². The molecule has 118 valence electrons. The van der Waals surface area contributed by atoms with Crippen molar-refractivity contribution in [3.63, 3.8) is 0 Å². The van der Waals surface area contributed by atoms with Crippen LogP contribution in [0.1, 0.15) is 19.4 Å². The first-order valence-electron chi connectivity index (χ1n) is 7.70. The summed E-state index contributed by atoms with van der Waals surface area (Å²) in [6.45, 7) is 5.88. The molecule has 0 unspecified atom stereocenters. The smallest absolute Gasteiger partial charge is 0.497 e. The summed E-state index contributed by atoms with van der Waals surface area (Å²) in [5, 5.41) is 0. The first-order chi connectivity index (χ1) is 11.2. The lowest BCUT2D eigenvalue weighted by Crippen LogP contribution is -2.25. The highest BCUT2D eigenvalue weighted by Gasteiger charge is 2.27. The van der Waals surface area contributed by atoms with Crippen molar-refractivity contribution in [2.75, 3.05) is 18.0 Å². The number of aliphatic imine (C=N–C) groups is 1. The molecule has 4 nitrogen and oxygen atoms in total. The van der Waals surface area contributed by atoms with Crippen molar-refractivity contribution in [3.05, 3.63) is 48.0 Å². The molecule has 0 bridgehead atoms. The normalized spacial score (nSPS) is 12.9. The number of fused-ring (bicyclic) bond motifs is 2. The predicted octanol–water partition coefficient (Wildman–Crippen LogP) is 4.01. The molecule has 2 aromatic carbocycles. The first-order valence-corrected chi connectivity index (χ1v) is 7.70. The standard InChI is InChI=1S/C17H18BFN2O2/c1-3-21(4-2)14-10-9-13-12-20-15-7-5-6-8-16(15)22-18(19)23-17(13)11-14/h5-12H,3-4H2,1-2H3. The van der Waals surface area contributed by atoms with E-state index in [-0.39, 0.29) is 0 Å². The molecule has 0 atom stereocenters. The Morgan fingerprint density at radius 2 is 1.78 bits per heavy atom. The Morgan fingerprint density at radius 1 is 1.04 bits per heavy atom. The van der Waals surface area contributed by atoms with Crippen molar-refractivity contribution in [2.45, 2.75) is 13.8 Å². The quantitative estimate of drug-likeness (QED) is 0.803. The minimum atomic E-state index is -1.89. The molecule has 0 saturated heterocycles. The van der Waals surface area contributed by atoms with Crippen LogP contribution in [0.5, 0.6) is 11.5 Å². The topological polar surface area (TPSA) is 34.1 Å². The molecule has 1 aliphatic rings. The maximum atomic E-state index is 14.1. The van der Waals surface area contributed by atoms with Gasteiger partial charge >= 0.3 is 7.40 Å². The second-order valence-electron chi connectivity index (χ2n) is 5.13. The Bertz CT molecular complexity index is 719. The average Bonchev–Trinajstić information content (AvgIpc) is 2.62. The fraction of sp³-hybridized carbons (Fsp3) is 0.235. The van der Waals surface area contributed by atoms with Crippen LogP contribution in [0.3, 0.4) is 0 Å². The third kappa shape index (κ3) is 3.31. The molecule has 0 aliphatic carbocycles. The molecular formula is C17H18BFN2O2. The first kappa shape index (κ1) is 15.4. The number of anilines is 1. The van der Waals surface area contributed by atoms with Crippen LogP contribution in [-0.4, -0.2) is 26.7 Å². The van der Waals surface area contributed by atoms with E-state index in [0.717, 1.165) is 18.8 Å². The van der Waals surface area contributed by atoms with Gasteiger partial charge in [-0.2, -0.15) is 0 Å². The molecule has 0 saturated carbocycles. The summed E-state index contributed by atoms with van der Waals surface area (Å²) >= 11 is 0. The number of halogens is 1. The molecule has 23 heavy (non-hydrogen) atoms.